The lowest BCUT2D eigenvalue weighted by atomic mass is 9.99. The van der Waals surface area contributed by atoms with E-state index in [1.54, 1.807) is 7.11 Å². The minimum Gasteiger partial charge on any atom is -0.497 e. The van der Waals surface area contributed by atoms with E-state index in [0.29, 0.717) is 6.04 Å². The highest BCUT2D eigenvalue weighted by Gasteiger charge is 2.43. The van der Waals surface area contributed by atoms with Crippen molar-refractivity contribution in [1.29, 1.82) is 0 Å². The molecule has 2 aliphatic rings. The van der Waals surface area contributed by atoms with E-state index in [-0.39, 0.29) is 18.0 Å². The van der Waals surface area contributed by atoms with Gasteiger partial charge in [0.15, 0.2) is 0 Å². The molecule has 0 spiro atoms. The second kappa shape index (κ2) is 6.56. The highest BCUT2D eigenvalue weighted by Crippen LogP contribution is 2.41. The van der Waals surface area contributed by atoms with E-state index in [4.69, 9.17) is 4.74 Å². The van der Waals surface area contributed by atoms with Gasteiger partial charge in [0.25, 0.3) is 5.91 Å². The molecule has 1 aromatic heterocycles. The Kier molecular flexibility index (Phi) is 4.25. The average molecular weight is 339 g/mol. The van der Waals surface area contributed by atoms with Crippen molar-refractivity contribution in [3.05, 3.63) is 53.3 Å². The third-order valence-corrected chi connectivity index (χ3v) is 5.40. The molecular formula is C20H25N3O2. The summed E-state index contributed by atoms with van der Waals surface area (Å²) >= 11 is 0. The monoisotopic (exact) mass is 339 g/mol. The molecule has 0 unspecified atom stereocenters. The Bertz CT molecular complexity index is 766. The van der Waals surface area contributed by atoms with Gasteiger partial charge in [-0.1, -0.05) is 12.1 Å². The number of carbonyl (C=O) groups excluding carboxylic acids is 1. The fraction of sp³-hybridized carbons (Fsp3) is 0.450. The summed E-state index contributed by atoms with van der Waals surface area (Å²) in [5.74, 6) is 0.876. The summed E-state index contributed by atoms with van der Waals surface area (Å²) in [5, 5.41) is 3.28. The lowest BCUT2D eigenvalue weighted by molar-refractivity contribution is 0.0923. The van der Waals surface area contributed by atoms with Gasteiger partial charge in [-0.05, 0) is 49.9 Å². The van der Waals surface area contributed by atoms with Gasteiger partial charge in [-0.25, -0.2) is 0 Å². The van der Waals surface area contributed by atoms with Crippen molar-refractivity contribution in [3.63, 3.8) is 0 Å². The number of aromatic nitrogens is 1. The highest BCUT2D eigenvalue weighted by molar-refractivity contribution is 5.95. The molecule has 2 aromatic rings. The molecule has 1 aliphatic heterocycles. The van der Waals surface area contributed by atoms with Crippen LogP contribution in [0.25, 0.3) is 0 Å². The van der Waals surface area contributed by atoms with Gasteiger partial charge in [0.1, 0.15) is 5.75 Å². The summed E-state index contributed by atoms with van der Waals surface area (Å²) < 4.78 is 5.41. The van der Waals surface area contributed by atoms with Crippen LogP contribution in [0.15, 0.2) is 36.5 Å². The van der Waals surface area contributed by atoms with Crippen LogP contribution in [-0.2, 0) is 0 Å². The quantitative estimate of drug-likeness (QED) is 0.880. The van der Waals surface area contributed by atoms with Crippen molar-refractivity contribution in [3.8, 4) is 5.75 Å². The minimum atomic E-state index is 0.00860. The largest absolute Gasteiger partial charge is 0.497 e. The Labute approximate surface area is 148 Å². The summed E-state index contributed by atoms with van der Waals surface area (Å²) in [6.45, 7) is 2.96. The maximum atomic E-state index is 12.7. The molecule has 2 heterocycles. The van der Waals surface area contributed by atoms with Crippen LogP contribution in [0.3, 0.4) is 0 Å². The van der Waals surface area contributed by atoms with Gasteiger partial charge in [-0.2, -0.15) is 0 Å². The van der Waals surface area contributed by atoms with E-state index in [2.05, 4.69) is 27.3 Å². The zero-order valence-corrected chi connectivity index (χ0v) is 14.8. The molecule has 132 valence electrons. The molecule has 5 heteroatoms. The number of nitrogens with zero attached hydrogens (tertiary/aromatic N) is 1. The number of hydrogen-bond donors (Lipinski definition) is 2. The van der Waals surface area contributed by atoms with Gasteiger partial charge >= 0.3 is 0 Å². The smallest absolute Gasteiger partial charge is 0.253 e. The second-order valence-corrected chi connectivity index (χ2v) is 7.08. The van der Waals surface area contributed by atoms with Crippen molar-refractivity contribution in [2.45, 2.75) is 44.3 Å². The Morgan fingerprint density at radius 1 is 1.28 bits per heavy atom. The lowest BCUT2D eigenvalue weighted by Crippen LogP contribution is -2.40. The molecule has 4 rings (SSSR count). The van der Waals surface area contributed by atoms with Crippen LogP contribution in [0.2, 0.25) is 0 Å². The summed E-state index contributed by atoms with van der Waals surface area (Å²) in [6.07, 6.45) is 5.32. The Hall–Kier alpha value is -2.27. The van der Waals surface area contributed by atoms with Gasteiger partial charge < -0.3 is 15.0 Å². The predicted octanol–water partition coefficient (Wildman–Crippen LogP) is 3.04. The fourth-order valence-electron chi connectivity index (χ4n) is 3.98. The van der Waals surface area contributed by atoms with Crippen molar-refractivity contribution in [2.24, 2.45) is 0 Å². The molecule has 2 fully saturated rings. The predicted molar refractivity (Wildman–Crippen MR) is 96.9 cm³/mol. The van der Waals surface area contributed by atoms with E-state index >= 15 is 0 Å². The maximum absolute atomic E-state index is 12.7. The standard InChI is InChI=1S/C20H25N3O2/c1-13-17(8-10-21-13)20(24)22-18-9-11-23(15-6-7-15)19(18)14-4-3-5-16(12-14)25-2/h3-5,8,10,12,15,18-19,21H,6-7,9,11H2,1-2H3,(H,22,24)/t18-,19-/m1/s1. The van der Waals surface area contributed by atoms with Crippen LogP contribution >= 0.6 is 0 Å². The second-order valence-electron chi connectivity index (χ2n) is 7.08. The van der Waals surface area contributed by atoms with Crippen molar-refractivity contribution in [1.82, 2.24) is 15.2 Å². The molecule has 2 N–H and O–H groups in total. The molecule has 1 aliphatic carbocycles. The summed E-state index contributed by atoms with van der Waals surface area (Å²) in [6, 6.07) is 11.1. The minimum absolute atomic E-state index is 0.00860. The highest BCUT2D eigenvalue weighted by atomic mass is 16.5. The Balaban J connectivity index is 1.59. The van der Waals surface area contributed by atoms with Crippen molar-refractivity contribution < 1.29 is 9.53 Å². The van der Waals surface area contributed by atoms with E-state index in [0.717, 1.165) is 30.0 Å². The van der Waals surface area contributed by atoms with Crippen LogP contribution in [0, 0.1) is 6.92 Å². The number of hydrogen-bond acceptors (Lipinski definition) is 3. The number of ether oxygens (including phenoxy) is 1. The third kappa shape index (κ3) is 3.16. The van der Waals surface area contributed by atoms with Crippen LogP contribution in [0.4, 0.5) is 0 Å². The van der Waals surface area contributed by atoms with E-state index < -0.39 is 0 Å². The number of aryl methyl sites for hydroxylation is 1. The molecule has 1 saturated heterocycles. The zero-order chi connectivity index (χ0) is 17.4. The third-order valence-electron chi connectivity index (χ3n) is 5.40. The Morgan fingerprint density at radius 2 is 2.12 bits per heavy atom. The Morgan fingerprint density at radius 3 is 2.80 bits per heavy atom. The fourth-order valence-corrected chi connectivity index (χ4v) is 3.98. The van der Waals surface area contributed by atoms with E-state index in [1.807, 2.05) is 31.3 Å². The number of aromatic amines is 1. The van der Waals surface area contributed by atoms with Crippen LogP contribution < -0.4 is 10.1 Å². The summed E-state index contributed by atoms with van der Waals surface area (Å²) in [5.41, 5.74) is 2.86. The maximum Gasteiger partial charge on any atom is 0.253 e. The molecular weight excluding hydrogens is 314 g/mol. The van der Waals surface area contributed by atoms with Gasteiger partial charge in [0.2, 0.25) is 0 Å². The summed E-state index contributed by atoms with van der Waals surface area (Å²) in [4.78, 5) is 18.3. The lowest BCUT2D eigenvalue weighted by Gasteiger charge is -2.29. The first kappa shape index (κ1) is 16.2. The molecule has 0 bridgehead atoms. The SMILES string of the molecule is COc1cccc([C@@H]2[C@H](NC(=O)c3cc[nH]c3C)CCN2C2CC2)c1. The first-order valence-electron chi connectivity index (χ1n) is 9.02. The normalized spacial score (nSPS) is 23.6. The number of carbonyl (C=O) groups is 1. The van der Waals surface area contributed by atoms with Gasteiger partial charge in [-0.3, -0.25) is 9.69 Å². The first-order valence-corrected chi connectivity index (χ1v) is 9.02. The first-order chi connectivity index (χ1) is 12.2. The number of methoxy groups -OCH3 is 1. The topological polar surface area (TPSA) is 57.4 Å². The van der Waals surface area contributed by atoms with Crippen LogP contribution in [-0.4, -0.2) is 41.5 Å². The van der Waals surface area contributed by atoms with Crippen molar-refractivity contribution >= 4 is 5.91 Å². The van der Waals surface area contributed by atoms with Gasteiger partial charge in [0.05, 0.1) is 24.8 Å². The van der Waals surface area contributed by atoms with Gasteiger partial charge in [0, 0.05) is 24.5 Å². The zero-order valence-electron chi connectivity index (χ0n) is 14.8. The van der Waals surface area contributed by atoms with E-state index in [9.17, 15) is 4.79 Å². The molecule has 5 nitrogen and oxygen atoms in total. The number of amides is 1. The molecule has 2 atom stereocenters. The van der Waals surface area contributed by atoms with E-state index in [1.165, 1.54) is 18.4 Å². The van der Waals surface area contributed by atoms with Crippen LogP contribution in [0.5, 0.6) is 5.75 Å². The molecule has 0 radical (unpaired) electrons. The van der Waals surface area contributed by atoms with Crippen molar-refractivity contribution in [2.75, 3.05) is 13.7 Å². The number of benzene rings is 1. The number of likely N-dealkylation sites (tertiary alicyclic amines) is 1. The number of nitrogens with one attached hydrogen (secondary N) is 2. The summed E-state index contributed by atoms with van der Waals surface area (Å²) in [7, 11) is 1.69. The molecule has 25 heavy (non-hydrogen) atoms. The number of H-pyrrole nitrogens is 1. The van der Waals surface area contributed by atoms with Crippen LogP contribution in [0.1, 0.15) is 46.9 Å². The average Bonchev–Trinajstić information content (AvgIpc) is 3.25. The molecule has 1 aromatic carbocycles. The molecule has 1 saturated carbocycles. The number of rotatable bonds is 5. The van der Waals surface area contributed by atoms with Gasteiger partial charge in [-0.15, -0.1) is 0 Å². The molecule has 1 amide bonds.